The van der Waals surface area contributed by atoms with Crippen molar-refractivity contribution in [3.05, 3.63) is 59.7 Å². The highest BCUT2D eigenvalue weighted by atomic mass is 32.2. The summed E-state index contributed by atoms with van der Waals surface area (Å²) in [5.74, 6) is -0.272. The average Bonchev–Trinajstić information content (AvgIpc) is 2.53. The molecule has 0 atom stereocenters. The predicted octanol–water partition coefficient (Wildman–Crippen LogP) is 3.53. The Balaban J connectivity index is 2.04. The molecular weight excluding hydrogens is 314 g/mol. The molecule has 0 aliphatic heterocycles. The van der Waals surface area contributed by atoms with Crippen LogP contribution in [0.4, 0.5) is 5.69 Å². The Morgan fingerprint density at radius 2 is 1.65 bits per heavy atom. The Morgan fingerprint density at radius 1 is 1.04 bits per heavy atom. The van der Waals surface area contributed by atoms with E-state index < -0.39 is 10.1 Å². The molecule has 0 fully saturated rings. The van der Waals surface area contributed by atoms with Gasteiger partial charge >= 0.3 is 0 Å². The third-order valence-electron chi connectivity index (χ3n) is 3.45. The third kappa shape index (κ3) is 4.91. The maximum atomic E-state index is 12.1. The summed E-state index contributed by atoms with van der Waals surface area (Å²) in [6.45, 7) is 2.13. The van der Waals surface area contributed by atoms with Crippen molar-refractivity contribution in [3.63, 3.8) is 0 Å². The molecule has 0 bridgehead atoms. The van der Waals surface area contributed by atoms with E-state index in [0.29, 0.717) is 11.3 Å². The van der Waals surface area contributed by atoms with Gasteiger partial charge in [-0.15, -0.1) is 0 Å². The summed E-state index contributed by atoms with van der Waals surface area (Å²) in [7, 11) is -4.23. The zero-order chi connectivity index (χ0) is 16.9. The van der Waals surface area contributed by atoms with Crippen molar-refractivity contribution < 1.29 is 17.8 Å². The second-order valence-electron chi connectivity index (χ2n) is 5.25. The Hall–Kier alpha value is -2.18. The highest BCUT2D eigenvalue weighted by Crippen LogP contribution is 2.15. The van der Waals surface area contributed by atoms with Crippen molar-refractivity contribution in [2.24, 2.45) is 0 Å². The van der Waals surface area contributed by atoms with Gasteiger partial charge < -0.3 is 5.32 Å². The van der Waals surface area contributed by atoms with Gasteiger partial charge in [0.1, 0.15) is 0 Å². The number of hydrogen-bond donors (Lipinski definition) is 2. The lowest BCUT2D eigenvalue weighted by atomic mass is 10.1. The molecule has 0 aromatic heterocycles. The fourth-order valence-corrected chi connectivity index (χ4v) is 2.60. The molecule has 0 aliphatic carbocycles. The van der Waals surface area contributed by atoms with Gasteiger partial charge in [0.15, 0.2) is 0 Å². The molecule has 5 nitrogen and oxygen atoms in total. The Kier molecular flexibility index (Phi) is 5.52. The van der Waals surface area contributed by atoms with Gasteiger partial charge in [0.2, 0.25) is 0 Å². The molecular formula is C17H19NO4S. The fourth-order valence-electron chi connectivity index (χ4n) is 2.12. The molecule has 0 spiro atoms. The number of amides is 1. The van der Waals surface area contributed by atoms with Crippen LogP contribution in [0.3, 0.4) is 0 Å². The quantitative estimate of drug-likeness (QED) is 0.792. The van der Waals surface area contributed by atoms with E-state index in [1.54, 1.807) is 12.1 Å². The van der Waals surface area contributed by atoms with Gasteiger partial charge in [-0.3, -0.25) is 9.35 Å². The lowest BCUT2D eigenvalue weighted by Gasteiger charge is -2.07. The monoisotopic (exact) mass is 333 g/mol. The molecule has 0 saturated heterocycles. The van der Waals surface area contributed by atoms with Crippen molar-refractivity contribution in [2.75, 3.05) is 5.32 Å². The van der Waals surface area contributed by atoms with Gasteiger partial charge in [-0.25, -0.2) is 0 Å². The van der Waals surface area contributed by atoms with Crippen LogP contribution in [-0.4, -0.2) is 18.9 Å². The Bertz CT molecular complexity index is 765. The molecule has 0 aliphatic rings. The van der Waals surface area contributed by atoms with Gasteiger partial charge in [-0.1, -0.05) is 25.5 Å². The highest BCUT2D eigenvalue weighted by Gasteiger charge is 2.10. The van der Waals surface area contributed by atoms with Gasteiger partial charge in [-0.05, 0) is 54.8 Å². The van der Waals surface area contributed by atoms with Crippen LogP contribution in [0.25, 0.3) is 0 Å². The lowest BCUT2D eigenvalue weighted by molar-refractivity contribution is 0.102. The fraction of sp³-hybridized carbons (Fsp3) is 0.235. The second kappa shape index (κ2) is 7.39. The zero-order valence-electron chi connectivity index (χ0n) is 12.8. The SMILES string of the molecule is CCCCc1ccc(C(=O)Nc2ccc(S(=O)(=O)O)cc2)cc1. The first kappa shape index (κ1) is 17.2. The molecule has 2 N–H and O–H groups in total. The van der Waals surface area contributed by atoms with Crippen molar-refractivity contribution in [1.82, 2.24) is 0 Å². The van der Waals surface area contributed by atoms with Crippen LogP contribution in [0.1, 0.15) is 35.7 Å². The molecule has 2 rings (SSSR count). The summed E-state index contributed by atoms with van der Waals surface area (Å²) in [6.07, 6.45) is 3.24. The van der Waals surface area contributed by atoms with E-state index in [1.165, 1.54) is 29.8 Å². The van der Waals surface area contributed by atoms with Crippen molar-refractivity contribution in [2.45, 2.75) is 31.1 Å². The van der Waals surface area contributed by atoms with Crippen molar-refractivity contribution in [3.8, 4) is 0 Å². The molecule has 2 aromatic rings. The minimum atomic E-state index is -4.23. The number of hydrogen-bond acceptors (Lipinski definition) is 3. The van der Waals surface area contributed by atoms with Crippen LogP contribution in [0.15, 0.2) is 53.4 Å². The summed E-state index contributed by atoms with van der Waals surface area (Å²) in [6, 6.07) is 12.7. The molecule has 0 heterocycles. The molecule has 1 amide bonds. The summed E-state index contributed by atoms with van der Waals surface area (Å²) in [5.41, 5.74) is 2.18. The third-order valence-corrected chi connectivity index (χ3v) is 4.31. The van der Waals surface area contributed by atoms with Gasteiger partial charge in [0, 0.05) is 11.3 Å². The van der Waals surface area contributed by atoms with Crippen molar-refractivity contribution in [1.29, 1.82) is 0 Å². The first-order valence-electron chi connectivity index (χ1n) is 7.38. The number of unbranched alkanes of at least 4 members (excludes halogenated alkanes) is 1. The van der Waals surface area contributed by atoms with E-state index in [1.807, 2.05) is 12.1 Å². The summed E-state index contributed by atoms with van der Waals surface area (Å²) < 4.78 is 30.8. The molecule has 6 heteroatoms. The molecule has 122 valence electrons. The van der Waals surface area contributed by atoms with Crippen LogP contribution < -0.4 is 5.32 Å². The molecule has 0 radical (unpaired) electrons. The predicted molar refractivity (Wildman–Crippen MR) is 89.3 cm³/mol. The van der Waals surface area contributed by atoms with Gasteiger partial charge in [-0.2, -0.15) is 8.42 Å². The van der Waals surface area contributed by atoms with Gasteiger partial charge in [0.25, 0.3) is 16.0 Å². The number of aryl methyl sites for hydroxylation is 1. The summed E-state index contributed by atoms with van der Waals surface area (Å²) >= 11 is 0. The maximum absolute atomic E-state index is 12.1. The minimum Gasteiger partial charge on any atom is -0.322 e. The van der Waals surface area contributed by atoms with Crippen LogP contribution in [0.2, 0.25) is 0 Å². The standard InChI is InChI=1S/C17H19NO4S/c1-2-3-4-13-5-7-14(8-6-13)17(19)18-15-9-11-16(12-10-15)23(20,21)22/h5-12H,2-4H2,1H3,(H,18,19)(H,20,21,22). The number of carbonyl (C=O) groups excluding carboxylic acids is 1. The number of anilines is 1. The lowest BCUT2D eigenvalue weighted by Crippen LogP contribution is -2.12. The molecule has 0 saturated carbocycles. The highest BCUT2D eigenvalue weighted by molar-refractivity contribution is 7.85. The van der Waals surface area contributed by atoms with Crippen LogP contribution in [-0.2, 0) is 16.5 Å². The molecule has 2 aromatic carbocycles. The van der Waals surface area contributed by atoms with Crippen LogP contribution in [0, 0.1) is 0 Å². The zero-order valence-corrected chi connectivity index (χ0v) is 13.6. The first-order chi connectivity index (χ1) is 10.9. The average molecular weight is 333 g/mol. The van der Waals surface area contributed by atoms with E-state index in [4.69, 9.17) is 4.55 Å². The number of rotatable bonds is 6. The number of carbonyl (C=O) groups is 1. The van der Waals surface area contributed by atoms with E-state index in [-0.39, 0.29) is 10.8 Å². The van der Waals surface area contributed by atoms with Crippen LogP contribution >= 0.6 is 0 Å². The van der Waals surface area contributed by atoms with E-state index in [0.717, 1.165) is 19.3 Å². The molecule has 0 unspecified atom stereocenters. The van der Waals surface area contributed by atoms with E-state index >= 15 is 0 Å². The Labute approximate surface area is 136 Å². The van der Waals surface area contributed by atoms with Gasteiger partial charge in [0.05, 0.1) is 4.90 Å². The minimum absolute atomic E-state index is 0.212. The van der Waals surface area contributed by atoms with Crippen molar-refractivity contribution >= 4 is 21.7 Å². The second-order valence-corrected chi connectivity index (χ2v) is 6.68. The van der Waals surface area contributed by atoms with Crippen LogP contribution in [0.5, 0.6) is 0 Å². The summed E-state index contributed by atoms with van der Waals surface area (Å²) in [4.78, 5) is 11.9. The smallest absolute Gasteiger partial charge is 0.294 e. The number of benzene rings is 2. The summed E-state index contributed by atoms with van der Waals surface area (Å²) in [5, 5.41) is 2.68. The largest absolute Gasteiger partial charge is 0.322 e. The maximum Gasteiger partial charge on any atom is 0.294 e. The normalized spacial score (nSPS) is 11.2. The van der Waals surface area contributed by atoms with E-state index in [2.05, 4.69) is 12.2 Å². The number of nitrogens with one attached hydrogen (secondary N) is 1. The topological polar surface area (TPSA) is 83.5 Å². The Morgan fingerprint density at radius 3 is 2.17 bits per heavy atom. The first-order valence-corrected chi connectivity index (χ1v) is 8.82. The molecule has 23 heavy (non-hydrogen) atoms. The van der Waals surface area contributed by atoms with E-state index in [9.17, 15) is 13.2 Å².